The minimum absolute atomic E-state index is 0.378. The molecule has 0 aliphatic heterocycles. The summed E-state index contributed by atoms with van der Waals surface area (Å²) >= 11 is 0. The third-order valence-electron chi connectivity index (χ3n) is 4.38. The molecule has 13 nitrogen and oxygen atoms in total. The molecule has 13 heteroatoms. The van der Waals surface area contributed by atoms with Crippen LogP contribution < -0.4 is 27.4 Å². The maximum absolute atomic E-state index is 12.4. The lowest BCUT2D eigenvalue weighted by atomic mass is 10.1. The van der Waals surface area contributed by atoms with E-state index in [0.717, 1.165) is 0 Å². The Morgan fingerprint density at radius 1 is 0.871 bits per heavy atom. The molecule has 5 unspecified atom stereocenters. The predicted molar refractivity (Wildman–Crippen MR) is 109 cm³/mol. The Bertz CT molecular complexity index is 642. The summed E-state index contributed by atoms with van der Waals surface area (Å²) in [6, 6.07) is -4.99. The summed E-state index contributed by atoms with van der Waals surface area (Å²) in [7, 11) is 0. The molecule has 0 heterocycles. The summed E-state index contributed by atoms with van der Waals surface area (Å²) in [5, 5.41) is 34.4. The highest BCUT2D eigenvalue weighted by molar-refractivity contribution is 5.94. The van der Waals surface area contributed by atoms with Crippen LogP contribution >= 0.6 is 0 Å². The molecular formula is C18H33N5O8. The fraction of sp³-hybridized carbons (Fsp3) is 0.722. The van der Waals surface area contributed by atoms with Gasteiger partial charge in [0, 0.05) is 6.42 Å². The van der Waals surface area contributed by atoms with E-state index in [9.17, 15) is 29.1 Å². The SMILES string of the molecule is CC(NC(=O)C(N)CCCCN)C(=O)NC(C(=O)NC(CCC(=O)O)C(=O)O)C(C)O. The van der Waals surface area contributed by atoms with Crippen molar-refractivity contribution in [2.75, 3.05) is 6.54 Å². The molecule has 5 atom stereocenters. The molecular weight excluding hydrogens is 414 g/mol. The van der Waals surface area contributed by atoms with Gasteiger partial charge in [-0.25, -0.2) is 4.79 Å². The number of hydrogen-bond donors (Lipinski definition) is 8. The summed E-state index contributed by atoms with van der Waals surface area (Å²) in [6.45, 7) is 3.02. The van der Waals surface area contributed by atoms with Crippen LogP contribution in [0.15, 0.2) is 0 Å². The number of aliphatic carboxylic acids is 2. The molecule has 31 heavy (non-hydrogen) atoms. The lowest BCUT2D eigenvalue weighted by Crippen LogP contribution is -2.59. The van der Waals surface area contributed by atoms with Crippen molar-refractivity contribution < 1.29 is 39.3 Å². The number of amides is 3. The molecule has 0 spiro atoms. The van der Waals surface area contributed by atoms with Crippen LogP contribution in [-0.2, 0) is 24.0 Å². The van der Waals surface area contributed by atoms with Gasteiger partial charge in [0.15, 0.2) is 0 Å². The van der Waals surface area contributed by atoms with Crippen molar-refractivity contribution in [2.45, 2.75) is 76.2 Å². The van der Waals surface area contributed by atoms with E-state index in [1.807, 2.05) is 0 Å². The molecule has 0 aliphatic rings. The molecule has 10 N–H and O–H groups in total. The van der Waals surface area contributed by atoms with E-state index in [0.29, 0.717) is 25.8 Å². The Balaban J connectivity index is 4.93. The van der Waals surface area contributed by atoms with Crippen molar-refractivity contribution >= 4 is 29.7 Å². The Kier molecular flexibility index (Phi) is 13.0. The molecule has 0 saturated heterocycles. The lowest BCUT2D eigenvalue weighted by Gasteiger charge is -2.25. The largest absolute Gasteiger partial charge is 0.481 e. The number of carbonyl (C=O) groups excluding carboxylic acids is 3. The quantitative estimate of drug-likeness (QED) is 0.120. The zero-order valence-corrected chi connectivity index (χ0v) is 17.7. The van der Waals surface area contributed by atoms with Gasteiger partial charge in [-0.05, 0) is 39.7 Å². The van der Waals surface area contributed by atoms with Gasteiger partial charge in [-0.3, -0.25) is 19.2 Å². The monoisotopic (exact) mass is 447 g/mol. The molecule has 0 aromatic rings. The van der Waals surface area contributed by atoms with Crippen LogP contribution in [0.1, 0.15) is 46.0 Å². The number of carbonyl (C=O) groups is 5. The molecule has 0 rings (SSSR count). The predicted octanol–water partition coefficient (Wildman–Crippen LogP) is -2.75. The minimum atomic E-state index is -1.53. The van der Waals surface area contributed by atoms with Crippen LogP contribution in [0.4, 0.5) is 0 Å². The third kappa shape index (κ3) is 11.3. The standard InChI is InChI=1S/C18H33N5O8/c1-9(21-16(28)11(20)5-3-4-8-19)15(27)23-14(10(2)24)17(29)22-12(18(30)31)6-7-13(25)26/h9-12,14,24H,3-8,19-20H2,1-2H3,(H,21,28)(H,22,29)(H,23,27)(H,25,26)(H,30,31). The highest BCUT2D eigenvalue weighted by Gasteiger charge is 2.31. The molecule has 3 amide bonds. The number of unbranched alkanes of at least 4 members (excludes halogenated alkanes) is 1. The first kappa shape index (κ1) is 28.2. The van der Waals surface area contributed by atoms with Crippen molar-refractivity contribution in [3.63, 3.8) is 0 Å². The van der Waals surface area contributed by atoms with E-state index in [2.05, 4.69) is 16.0 Å². The minimum Gasteiger partial charge on any atom is -0.481 e. The number of nitrogens with one attached hydrogen (secondary N) is 3. The lowest BCUT2D eigenvalue weighted by molar-refractivity contribution is -0.144. The average Bonchev–Trinajstić information content (AvgIpc) is 2.67. The Morgan fingerprint density at radius 2 is 1.48 bits per heavy atom. The second-order valence-corrected chi connectivity index (χ2v) is 7.18. The van der Waals surface area contributed by atoms with Gasteiger partial charge in [0.2, 0.25) is 17.7 Å². The molecule has 0 saturated carbocycles. The normalized spacial score (nSPS) is 15.6. The zero-order chi connectivity index (χ0) is 24.1. The van der Waals surface area contributed by atoms with Crippen molar-refractivity contribution in [3.8, 4) is 0 Å². The Hall–Kier alpha value is -2.77. The molecule has 0 bridgehead atoms. The van der Waals surface area contributed by atoms with Gasteiger partial charge in [-0.2, -0.15) is 0 Å². The highest BCUT2D eigenvalue weighted by atomic mass is 16.4. The van der Waals surface area contributed by atoms with Crippen molar-refractivity contribution in [2.24, 2.45) is 11.5 Å². The molecule has 0 fully saturated rings. The fourth-order valence-electron chi connectivity index (χ4n) is 2.50. The summed E-state index contributed by atoms with van der Waals surface area (Å²) < 4.78 is 0. The van der Waals surface area contributed by atoms with E-state index in [1.54, 1.807) is 0 Å². The van der Waals surface area contributed by atoms with Crippen LogP contribution in [0.2, 0.25) is 0 Å². The highest BCUT2D eigenvalue weighted by Crippen LogP contribution is 2.03. The first-order valence-electron chi connectivity index (χ1n) is 9.90. The maximum atomic E-state index is 12.4. The zero-order valence-electron chi connectivity index (χ0n) is 17.7. The Labute approximate surface area is 179 Å². The van der Waals surface area contributed by atoms with Gasteiger partial charge in [0.05, 0.1) is 12.1 Å². The maximum Gasteiger partial charge on any atom is 0.326 e. The number of aliphatic hydroxyl groups is 1. The van der Waals surface area contributed by atoms with Crippen LogP contribution in [0.3, 0.4) is 0 Å². The second-order valence-electron chi connectivity index (χ2n) is 7.18. The van der Waals surface area contributed by atoms with E-state index < -0.39 is 66.4 Å². The van der Waals surface area contributed by atoms with E-state index in [4.69, 9.17) is 21.7 Å². The molecule has 0 radical (unpaired) electrons. The van der Waals surface area contributed by atoms with Crippen LogP contribution in [0, 0.1) is 0 Å². The summed E-state index contributed by atoms with van der Waals surface area (Å²) in [6.07, 6.45) is -0.570. The van der Waals surface area contributed by atoms with Crippen LogP contribution in [-0.4, -0.2) is 81.8 Å². The number of carboxylic acids is 2. The summed E-state index contributed by atoms with van der Waals surface area (Å²) in [4.78, 5) is 58.6. The smallest absolute Gasteiger partial charge is 0.326 e. The topological polar surface area (TPSA) is 234 Å². The van der Waals surface area contributed by atoms with E-state index >= 15 is 0 Å². The van der Waals surface area contributed by atoms with E-state index in [-0.39, 0.29) is 6.42 Å². The second kappa shape index (κ2) is 14.3. The number of nitrogens with two attached hydrogens (primary N) is 2. The number of aliphatic hydroxyl groups excluding tert-OH is 1. The first-order valence-corrected chi connectivity index (χ1v) is 9.90. The third-order valence-corrected chi connectivity index (χ3v) is 4.38. The van der Waals surface area contributed by atoms with Crippen molar-refractivity contribution in [3.05, 3.63) is 0 Å². The first-order chi connectivity index (χ1) is 14.4. The summed E-state index contributed by atoms with van der Waals surface area (Å²) in [5.74, 6) is -5.10. The molecule has 0 aliphatic carbocycles. The Morgan fingerprint density at radius 3 is 1.97 bits per heavy atom. The number of carboxylic acid groups (broad SMARTS) is 2. The van der Waals surface area contributed by atoms with Crippen LogP contribution in [0.25, 0.3) is 0 Å². The number of rotatable bonds is 15. The molecule has 0 aromatic heterocycles. The van der Waals surface area contributed by atoms with Gasteiger partial charge >= 0.3 is 11.9 Å². The van der Waals surface area contributed by atoms with Crippen molar-refractivity contribution in [1.29, 1.82) is 0 Å². The fourth-order valence-corrected chi connectivity index (χ4v) is 2.50. The molecule has 0 aromatic carbocycles. The van der Waals surface area contributed by atoms with Crippen molar-refractivity contribution in [1.82, 2.24) is 16.0 Å². The van der Waals surface area contributed by atoms with Gasteiger partial charge < -0.3 is 42.7 Å². The van der Waals surface area contributed by atoms with Crippen LogP contribution in [0.5, 0.6) is 0 Å². The summed E-state index contributed by atoms with van der Waals surface area (Å²) in [5.41, 5.74) is 11.1. The molecule has 178 valence electrons. The van der Waals surface area contributed by atoms with Gasteiger partial charge in [-0.15, -0.1) is 0 Å². The van der Waals surface area contributed by atoms with Gasteiger partial charge in [-0.1, -0.05) is 6.42 Å². The number of hydrogen-bond acceptors (Lipinski definition) is 8. The van der Waals surface area contributed by atoms with E-state index in [1.165, 1.54) is 13.8 Å². The van der Waals surface area contributed by atoms with Gasteiger partial charge in [0.25, 0.3) is 0 Å². The average molecular weight is 447 g/mol. The van der Waals surface area contributed by atoms with Gasteiger partial charge in [0.1, 0.15) is 18.1 Å².